The highest BCUT2D eigenvalue weighted by atomic mass is 32.1. The van der Waals surface area contributed by atoms with Crippen LogP contribution >= 0.6 is 25.3 Å². The molecule has 2 rings (SSSR count). The zero-order chi connectivity index (χ0) is 22.8. The van der Waals surface area contributed by atoms with E-state index in [1.54, 1.807) is 18.2 Å². The number of hydrogen-bond donors (Lipinski definition) is 6. The summed E-state index contributed by atoms with van der Waals surface area (Å²) in [6, 6.07) is 12.0. The van der Waals surface area contributed by atoms with E-state index in [4.69, 9.17) is 5.73 Å². The molecule has 5 N–H and O–H groups in total. The average Bonchev–Trinajstić information content (AvgIpc) is 2.72. The molecule has 0 aliphatic rings. The van der Waals surface area contributed by atoms with Crippen molar-refractivity contribution in [3.8, 4) is 0 Å². The van der Waals surface area contributed by atoms with Gasteiger partial charge in [-0.2, -0.15) is 0 Å². The molecule has 7 nitrogen and oxygen atoms in total. The number of nitrogens with one attached hydrogen (secondary N) is 2. The third-order valence-corrected chi connectivity index (χ3v) is 5.15. The molecular formula is C22H27N3O4S2. The zero-order valence-corrected chi connectivity index (χ0v) is 18.7. The van der Waals surface area contributed by atoms with E-state index < -0.39 is 29.9 Å². The predicted octanol–water partition coefficient (Wildman–Crippen LogP) is 2.30. The third kappa shape index (κ3) is 8.28. The normalized spacial score (nSPS) is 12.6. The lowest BCUT2D eigenvalue weighted by Gasteiger charge is -2.22. The van der Waals surface area contributed by atoms with Crippen LogP contribution in [0.4, 0.5) is 0 Å². The Labute approximate surface area is 192 Å². The van der Waals surface area contributed by atoms with E-state index in [2.05, 4.69) is 35.9 Å². The Balaban J connectivity index is 2.19. The predicted molar refractivity (Wildman–Crippen MR) is 125 cm³/mol. The van der Waals surface area contributed by atoms with Gasteiger partial charge in [-0.1, -0.05) is 30.3 Å². The molecule has 2 amide bonds. The largest absolute Gasteiger partial charge is 0.480 e. The van der Waals surface area contributed by atoms with Gasteiger partial charge in [-0.25, -0.2) is 4.79 Å². The van der Waals surface area contributed by atoms with Crippen LogP contribution in [0.25, 0.3) is 0 Å². The molecule has 9 heteroatoms. The number of thiol groups is 2. The van der Waals surface area contributed by atoms with Gasteiger partial charge in [-0.15, -0.1) is 25.3 Å². The molecule has 0 bridgehead atoms. The average molecular weight is 462 g/mol. The minimum atomic E-state index is -1.13. The van der Waals surface area contributed by atoms with Crippen LogP contribution in [0.15, 0.2) is 58.3 Å². The molecule has 0 fully saturated rings. The van der Waals surface area contributed by atoms with Crippen LogP contribution in [0.1, 0.15) is 35.2 Å². The highest BCUT2D eigenvalue weighted by molar-refractivity contribution is 7.81. The molecule has 0 saturated carbocycles. The Hall–Kier alpha value is -2.49. The van der Waals surface area contributed by atoms with Gasteiger partial charge in [0.1, 0.15) is 12.1 Å². The smallest absolute Gasteiger partial charge is 0.326 e. The Morgan fingerprint density at radius 1 is 0.935 bits per heavy atom. The molecule has 31 heavy (non-hydrogen) atoms. The highest BCUT2D eigenvalue weighted by Gasteiger charge is 2.27. The molecule has 0 saturated heterocycles. The number of unbranched alkanes of at least 4 members (excludes halogenated alkanes) is 1. The number of aliphatic carboxylic acids is 1. The fourth-order valence-electron chi connectivity index (χ4n) is 3.05. The number of amides is 2. The van der Waals surface area contributed by atoms with Gasteiger partial charge in [0.15, 0.2) is 0 Å². The SMILES string of the molecule is NCCCC[C@H](NC(=O)[C@H](Cc1ccccc1)NC(=O)c1cc(S)cc(S)c1)C(=O)O. The van der Waals surface area contributed by atoms with Crippen LogP contribution in [-0.4, -0.2) is 41.5 Å². The lowest BCUT2D eigenvalue weighted by molar-refractivity contribution is -0.142. The van der Waals surface area contributed by atoms with Crippen LogP contribution in [0.2, 0.25) is 0 Å². The molecule has 0 heterocycles. The van der Waals surface area contributed by atoms with Gasteiger partial charge in [0.2, 0.25) is 5.91 Å². The van der Waals surface area contributed by atoms with Crippen molar-refractivity contribution < 1.29 is 19.5 Å². The van der Waals surface area contributed by atoms with Crippen molar-refractivity contribution >= 4 is 43.0 Å². The van der Waals surface area contributed by atoms with Crippen molar-refractivity contribution in [3.05, 3.63) is 59.7 Å². The minimum Gasteiger partial charge on any atom is -0.480 e. The molecule has 2 atom stereocenters. The number of benzene rings is 2. The summed E-state index contributed by atoms with van der Waals surface area (Å²) < 4.78 is 0. The molecular weight excluding hydrogens is 434 g/mol. The summed E-state index contributed by atoms with van der Waals surface area (Å²) in [5.41, 5.74) is 6.60. The van der Waals surface area contributed by atoms with E-state index in [0.29, 0.717) is 34.7 Å². The Bertz CT molecular complexity index is 889. The lowest BCUT2D eigenvalue weighted by Crippen LogP contribution is -2.52. The van der Waals surface area contributed by atoms with E-state index in [0.717, 1.165) is 5.56 Å². The number of hydrogen-bond acceptors (Lipinski definition) is 6. The van der Waals surface area contributed by atoms with E-state index in [-0.39, 0.29) is 12.8 Å². The molecule has 2 aromatic carbocycles. The summed E-state index contributed by atoms with van der Waals surface area (Å²) in [6.07, 6.45) is 1.70. The van der Waals surface area contributed by atoms with Crippen LogP contribution in [0.3, 0.4) is 0 Å². The van der Waals surface area contributed by atoms with Crippen molar-refractivity contribution in [3.63, 3.8) is 0 Å². The van der Waals surface area contributed by atoms with Crippen LogP contribution in [-0.2, 0) is 16.0 Å². The fraction of sp³-hybridized carbons (Fsp3) is 0.318. The van der Waals surface area contributed by atoms with Gasteiger partial charge in [-0.05, 0) is 49.6 Å². The maximum Gasteiger partial charge on any atom is 0.326 e. The summed E-state index contributed by atoms with van der Waals surface area (Å²) in [6.45, 7) is 0.449. The number of carbonyl (C=O) groups is 3. The second-order valence-electron chi connectivity index (χ2n) is 7.14. The van der Waals surface area contributed by atoms with Gasteiger partial charge >= 0.3 is 5.97 Å². The van der Waals surface area contributed by atoms with Crippen LogP contribution in [0.5, 0.6) is 0 Å². The topological polar surface area (TPSA) is 122 Å². The first-order valence-corrected chi connectivity index (χ1v) is 10.8. The summed E-state index contributed by atoms with van der Waals surface area (Å²) in [5, 5.41) is 14.7. The third-order valence-electron chi connectivity index (χ3n) is 4.63. The van der Waals surface area contributed by atoms with E-state index in [9.17, 15) is 19.5 Å². The maximum atomic E-state index is 13.0. The quantitative estimate of drug-likeness (QED) is 0.227. The Morgan fingerprint density at radius 3 is 2.16 bits per heavy atom. The highest BCUT2D eigenvalue weighted by Crippen LogP contribution is 2.17. The summed E-state index contributed by atoms with van der Waals surface area (Å²) in [7, 11) is 0. The van der Waals surface area contributed by atoms with Gasteiger partial charge in [0.05, 0.1) is 0 Å². The van der Waals surface area contributed by atoms with E-state index >= 15 is 0 Å². The van der Waals surface area contributed by atoms with Crippen molar-refractivity contribution in [1.82, 2.24) is 10.6 Å². The molecule has 0 unspecified atom stereocenters. The Morgan fingerprint density at radius 2 is 1.58 bits per heavy atom. The van der Waals surface area contributed by atoms with Crippen LogP contribution in [0, 0.1) is 0 Å². The molecule has 0 spiro atoms. The molecule has 0 aliphatic carbocycles. The Kier molecular flexibility index (Phi) is 9.90. The van der Waals surface area contributed by atoms with Crippen molar-refractivity contribution in [2.45, 2.75) is 47.6 Å². The first kappa shape index (κ1) is 24.8. The number of carboxylic acids is 1. The number of rotatable bonds is 11. The molecule has 0 radical (unpaired) electrons. The van der Waals surface area contributed by atoms with E-state index in [1.165, 1.54) is 0 Å². The van der Waals surface area contributed by atoms with Gasteiger partial charge in [-0.3, -0.25) is 9.59 Å². The first-order chi connectivity index (χ1) is 14.8. The lowest BCUT2D eigenvalue weighted by atomic mass is 10.0. The standard InChI is InChI=1S/C22H27N3O4S2/c23-9-5-4-8-18(22(28)29)24-21(27)19(10-14-6-2-1-3-7-14)25-20(26)15-11-16(30)13-17(31)12-15/h1-3,6-7,11-13,18-19,30-31H,4-5,8-10,23H2,(H,24,27)(H,25,26)(H,28,29)/t18-,19-/m0/s1. The van der Waals surface area contributed by atoms with Gasteiger partial charge in [0.25, 0.3) is 5.91 Å². The molecule has 0 aromatic heterocycles. The van der Waals surface area contributed by atoms with E-state index in [1.807, 2.05) is 30.3 Å². The summed E-state index contributed by atoms with van der Waals surface area (Å²) >= 11 is 8.51. The maximum absolute atomic E-state index is 13.0. The van der Waals surface area contributed by atoms with Crippen molar-refractivity contribution in [2.24, 2.45) is 5.73 Å². The second-order valence-corrected chi connectivity index (χ2v) is 8.17. The number of nitrogens with two attached hydrogens (primary N) is 1. The second kappa shape index (κ2) is 12.4. The van der Waals surface area contributed by atoms with Crippen molar-refractivity contribution in [2.75, 3.05) is 6.54 Å². The van der Waals surface area contributed by atoms with Gasteiger partial charge in [0, 0.05) is 21.8 Å². The monoisotopic (exact) mass is 461 g/mol. The zero-order valence-electron chi connectivity index (χ0n) is 17.0. The fourth-order valence-corrected chi connectivity index (χ4v) is 3.71. The summed E-state index contributed by atoms with van der Waals surface area (Å²) in [5.74, 6) is -2.17. The minimum absolute atomic E-state index is 0.210. The number of carbonyl (C=O) groups excluding carboxylic acids is 2. The van der Waals surface area contributed by atoms with Crippen molar-refractivity contribution in [1.29, 1.82) is 0 Å². The summed E-state index contributed by atoms with van der Waals surface area (Å²) in [4.78, 5) is 38.5. The molecule has 2 aromatic rings. The molecule has 166 valence electrons. The first-order valence-electron chi connectivity index (χ1n) is 9.91. The molecule has 0 aliphatic heterocycles. The van der Waals surface area contributed by atoms with Gasteiger partial charge < -0.3 is 21.5 Å². The number of carboxylic acid groups (broad SMARTS) is 1. The van der Waals surface area contributed by atoms with Crippen LogP contribution < -0.4 is 16.4 Å².